The van der Waals surface area contributed by atoms with E-state index in [2.05, 4.69) is 0 Å². The first-order valence-corrected chi connectivity index (χ1v) is 8.43. The smallest absolute Gasteiger partial charge is 0.410 e. The molecule has 3 atom stereocenters. The summed E-state index contributed by atoms with van der Waals surface area (Å²) < 4.78 is 5.57. The van der Waals surface area contributed by atoms with Gasteiger partial charge in [0.05, 0.1) is 0 Å². The molecule has 124 valence electrons. The van der Waals surface area contributed by atoms with Crippen molar-refractivity contribution >= 4 is 11.9 Å². The molecular weight excluding hydrogens is 290 g/mol. The SMILES string of the molecule is CC(C)(C)OC(=O)N1C2CCC1C(Cc1ccccc1)C(=O)C2. The van der Waals surface area contributed by atoms with Crippen molar-refractivity contribution in [2.75, 3.05) is 0 Å². The van der Waals surface area contributed by atoms with E-state index in [1.54, 1.807) is 0 Å². The molecule has 0 radical (unpaired) electrons. The quantitative estimate of drug-likeness (QED) is 0.838. The molecule has 3 unspecified atom stereocenters. The van der Waals surface area contributed by atoms with Crippen LogP contribution < -0.4 is 0 Å². The monoisotopic (exact) mass is 315 g/mol. The van der Waals surface area contributed by atoms with Crippen molar-refractivity contribution in [3.05, 3.63) is 35.9 Å². The Labute approximate surface area is 137 Å². The van der Waals surface area contributed by atoms with Gasteiger partial charge in [-0.15, -0.1) is 0 Å². The van der Waals surface area contributed by atoms with E-state index in [4.69, 9.17) is 4.74 Å². The Morgan fingerprint density at radius 3 is 2.57 bits per heavy atom. The molecule has 2 heterocycles. The number of fused-ring (bicyclic) bond motifs is 2. The molecule has 0 spiro atoms. The van der Waals surface area contributed by atoms with E-state index in [0.717, 1.165) is 18.4 Å². The van der Waals surface area contributed by atoms with Gasteiger partial charge in [-0.25, -0.2) is 4.79 Å². The third-order valence-corrected chi connectivity index (χ3v) is 4.76. The number of rotatable bonds is 2. The van der Waals surface area contributed by atoms with Crippen LogP contribution in [0.25, 0.3) is 0 Å². The molecule has 4 heteroatoms. The molecule has 23 heavy (non-hydrogen) atoms. The Bertz CT molecular complexity index is 590. The lowest BCUT2D eigenvalue weighted by Crippen LogP contribution is -2.53. The number of hydrogen-bond acceptors (Lipinski definition) is 3. The average molecular weight is 315 g/mol. The summed E-state index contributed by atoms with van der Waals surface area (Å²) in [6.45, 7) is 5.63. The highest BCUT2D eigenvalue weighted by atomic mass is 16.6. The number of carbonyl (C=O) groups excluding carboxylic acids is 2. The maximum Gasteiger partial charge on any atom is 0.410 e. The highest BCUT2D eigenvalue weighted by Crippen LogP contribution is 2.39. The standard InChI is InChI=1S/C19H25NO3/c1-19(2,3)23-18(22)20-14-9-10-16(20)15(17(21)12-14)11-13-7-5-4-6-8-13/h4-8,14-16H,9-12H2,1-3H3. The molecule has 2 aliphatic heterocycles. The van der Waals surface area contributed by atoms with Crippen LogP contribution in [-0.4, -0.2) is 34.5 Å². The fourth-order valence-corrected chi connectivity index (χ4v) is 3.82. The van der Waals surface area contributed by atoms with Crippen LogP contribution >= 0.6 is 0 Å². The highest BCUT2D eigenvalue weighted by molar-refractivity contribution is 5.86. The van der Waals surface area contributed by atoms with Crippen molar-refractivity contribution in [1.82, 2.24) is 4.90 Å². The van der Waals surface area contributed by atoms with Crippen LogP contribution in [0.3, 0.4) is 0 Å². The van der Waals surface area contributed by atoms with Crippen LogP contribution in [0.15, 0.2) is 30.3 Å². The number of ketones is 1. The van der Waals surface area contributed by atoms with Crippen molar-refractivity contribution < 1.29 is 14.3 Å². The van der Waals surface area contributed by atoms with Gasteiger partial charge >= 0.3 is 6.09 Å². The van der Waals surface area contributed by atoms with Crippen LogP contribution in [-0.2, 0) is 16.0 Å². The zero-order valence-corrected chi connectivity index (χ0v) is 14.1. The summed E-state index contributed by atoms with van der Waals surface area (Å²) in [5, 5.41) is 0. The van der Waals surface area contributed by atoms with Crippen LogP contribution in [0.4, 0.5) is 4.79 Å². The summed E-state index contributed by atoms with van der Waals surface area (Å²) in [6, 6.07) is 10.1. The molecule has 2 saturated heterocycles. The Morgan fingerprint density at radius 2 is 1.91 bits per heavy atom. The maximum absolute atomic E-state index is 12.6. The summed E-state index contributed by atoms with van der Waals surface area (Å²) >= 11 is 0. The number of Topliss-reactive ketones (excluding diaryl/α,β-unsaturated/α-hetero) is 1. The van der Waals surface area contributed by atoms with E-state index in [0.29, 0.717) is 18.6 Å². The number of piperidine rings is 1. The van der Waals surface area contributed by atoms with Crippen LogP contribution in [0.2, 0.25) is 0 Å². The highest BCUT2D eigenvalue weighted by Gasteiger charge is 2.49. The first-order chi connectivity index (χ1) is 10.8. The second-order valence-corrected chi connectivity index (χ2v) is 7.65. The van der Waals surface area contributed by atoms with Crippen molar-refractivity contribution in [3.8, 4) is 0 Å². The minimum atomic E-state index is -0.507. The summed E-state index contributed by atoms with van der Waals surface area (Å²) in [5.41, 5.74) is 0.646. The van der Waals surface area contributed by atoms with Crippen molar-refractivity contribution in [1.29, 1.82) is 0 Å². The van der Waals surface area contributed by atoms with Gasteiger partial charge in [0.25, 0.3) is 0 Å². The fraction of sp³-hybridized carbons (Fsp3) is 0.579. The van der Waals surface area contributed by atoms with Gasteiger partial charge in [-0.05, 0) is 45.6 Å². The molecule has 1 amide bonds. The van der Waals surface area contributed by atoms with Gasteiger partial charge in [0.2, 0.25) is 0 Å². The third-order valence-electron chi connectivity index (χ3n) is 4.76. The minimum absolute atomic E-state index is 0.0173. The topological polar surface area (TPSA) is 46.6 Å². The number of nitrogens with zero attached hydrogens (tertiary/aromatic N) is 1. The average Bonchev–Trinajstić information content (AvgIpc) is 2.80. The molecule has 2 aliphatic rings. The number of benzene rings is 1. The Kier molecular flexibility index (Phi) is 4.17. The molecule has 0 saturated carbocycles. The summed E-state index contributed by atoms with van der Waals surface area (Å²) in [4.78, 5) is 27.0. The number of hydrogen-bond donors (Lipinski definition) is 0. The molecule has 1 aromatic rings. The molecule has 0 aromatic heterocycles. The summed E-state index contributed by atoms with van der Waals surface area (Å²) in [6.07, 6.45) is 2.70. The number of ether oxygens (including phenoxy) is 1. The zero-order valence-electron chi connectivity index (χ0n) is 14.1. The summed E-state index contributed by atoms with van der Waals surface area (Å²) in [7, 11) is 0. The molecule has 0 N–H and O–H groups in total. The third kappa shape index (κ3) is 3.41. The molecule has 1 aromatic carbocycles. The zero-order chi connectivity index (χ0) is 16.6. The summed E-state index contributed by atoms with van der Waals surface area (Å²) in [5.74, 6) is 0.185. The van der Waals surface area contributed by atoms with Gasteiger partial charge in [-0.2, -0.15) is 0 Å². The van der Waals surface area contributed by atoms with E-state index in [9.17, 15) is 9.59 Å². The van der Waals surface area contributed by atoms with Crippen molar-refractivity contribution in [3.63, 3.8) is 0 Å². The molecule has 2 bridgehead atoms. The first kappa shape index (κ1) is 16.0. The first-order valence-electron chi connectivity index (χ1n) is 8.43. The van der Waals surface area contributed by atoms with Crippen LogP contribution in [0.5, 0.6) is 0 Å². The van der Waals surface area contributed by atoms with Crippen LogP contribution in [0, 0.1) is 5.92 Å². The van der Waals surface area contributed by atoms with E-state index in [-0.39, 0.29) is 24.1 Å². The Morgan fingerprint density at radius 1 is 1.22 bits per heavy atom. The van der Waals surface area contributed by atoms with Gasteiger partial charge in [0.1, 0.15) is 11.4 Å². The predicted molar refractivity (Wildman–Crippen MR) is 88.1 cm³/mol. The number of amides is 1. The lowest BCUT2D eigenvalue weighted by molar-refractivity contribution is -0.128. The molecule has 2 fully saturated rings. The van der Waals surface area contributed by atoms with Crippen molar-refractivity contribution in [2.45, 2.75) is 64.1 Å². The molecule has 0 aliphatic carbocycles. The van der Waals surface area contributed by atoms with E-state index in [1.165, 1.54) is 0 Å². The minimum Gasteiger partial charge on any atom is -0.444 e. The van der Waals surface area contributed by atoms with Gasteiger partial charge in [0.15, 0.2) is 0 Å². The Hall–Kier alpha value is -1.84. The largest absolute Gasteiger partial charge is 0.444 e. The Balaban J connectivity index is 1.79. The normalized spacial score (nSPS) is 27.2. The lowest BCUT2D eigenvalue weighted by Gasteiger charge is -2.39. The van der Waals surface area contributed by atoms with E-state index < -0.39 is 5.60 Å². The maximum atomic E-state index is 12.6. The van der Waals surface area contributed by atoms with E-state index in [1.807, 2.05) is 56.0 Å². The second kappa shape index (κ2) is 5.99. The van der Waals surface area contributed by atoms with Gasteiger partial charge in [0, 0.05) is 24.4 Å². The van der Waals surface area contributed by atoms with Crippen molar-refractivity contribution in [2.24, 2.45) is 5.92 Å². The van der Waals surface area contributed by atoms with Gasteiger partial charge < -0.3 is 9.64 Å². The lowest BCUT2D eigenvalue weighted by atomic mass is 9.84. The number of carbonyl (C=O) groups is 2. The molecular formula is C19H25NO3. The second-order valence-electron chi connectivity index (χ2n) is 7.65. The fourth-order valence-electron chi connectivity index (χ4n) is 3.82. The molecule has 3 rings (SSSR count). The van der Waals surface area contributed by atoms with Gasteiger partial charge in [-0.1, -0.05) is 30.3 Å². The predicted octanol–water partition coefficient (Wildman–Crippen LogP) is 3.59. The van der Waals surface area contributed by atoms with Gasteiger partial charge in [-0.3, -0.25) is 4.79 Å². The van der Waals surface area contributed by atoms with Crippen LogP contribution in [0.1, 0.15) is 45.6 Å². The van der Waals surface area contributed by atoms with E-state index >= 15 is 0 Å². The molecule has 4 nitrogen and oxygen atoms in total.